The summed E-state index contributed by atoms with van der Waals surface area (Å²) in [6.07, 6.45) is 1.04. The van der Waals surface area contributed by atoms with Crippen LogP contribution in [0.25, 0.3) is 0 Å². The van der Waals surface area contributed by atoms with Crippen LogP contribution in [-0.4, -0.2) is 37.0 Å². The van der Waals surface area contributed by atoms with Crippen LogP contribution in [0.5, 0.6) is 0 Å². The van der Waals surface area contributed by atoms with E-state index in [0.717, 1.165) is 19.5 Å². The Hall–Kier alpha value is -2.36. The van der Waals surface area contributed by atoms with E-state index in [1.165, 1.54) is 23.4 Å². The second-order valence-corrected chi connectivity index (χ2v) is 5.81. The molecule has 2 aromatic carbocycles. The lowest BCUT2D eigenvalue weighted by Crippen LogP contribution is -2.48. The summed E-state index contributed by atoms with van der Waals surface area (Å²) < 4.78 is 13.0. The zero-order chi connectivity index (χ0) is 16.2. The van der Waals surface area contributed by atoms with Gasteiger partial charge in [0.25, 0.3) is 5.91 Å². The zero-order valence-electron chi connectivity index (χ0n) is 13.3. The Morgan fingerprint density at radius 2 is 1.57 bits per heavy atom. The highest BCUT2D eigenvalue weighted by atomic mass is 19.1. The normalized spacial score (nSPS) is 14.9. The quantitative estimate of drug-likeness (QED) is 0.868. The number of hydrogen-bond acceptors (Lipinski definition) is 2. The smallest absolute Gasteiger partial charge is 0.253 e. The van der Waals surface area contributed by atoms with Crippen LogP contribution in [0.4, 0.5) is 10.1 Å². The molecule has 0 unspecified atom stereocenters. The molecule has 2 aromatic rings. The summed E-state index contributed by atoms with van der Waals surface area (Å²) >= 11 is 0. The molecule has 0 aliphatic carbocycles. The second kappa shape index (κ2) is 6.82. The van der Waals surface area contributed by atoms with Crippen LogP contribution in [-0.2, 0) is 6.42 Å². The first kappa shape index (κ1) is 15.5. The Balaban J connectivity index is 1.61. The number of amides is 1. The third kappa shape index (κ3) is 3.52. The van der Waals surface area contributed by atoms with Gasteiger partial charge in [-0.25, -0.2) is 4.39 Å². The molecule has 1 amide bonds. The number of nitrogens with zero attached hydrogens (tertiary/aromatic N) is 2. The molecule has 0 aromatic heterocycles. The lowest BCUT2D eigenvalue weighted by atomic mass is 10.1. The molecule has 1 heterocycles. The van der Waals surface area contributed by atoms with E-state index in [1.54, 1.807) is 12.1 Å². The number of anilines is 1. The lowest BCUT2D eigenvalue weighted by molar-refractivity contribution is 0.0746. The van der Waals surface area contributed by atoms with Gasteiger partial charge in [0.15, 0.2) is 0 Å². The van der Waals surface area contributed by atoms with Crippen molar-refractivity contribution >= 4 is 11.6 Å². The van der Waals surface area contributed by atoms with Crippen molar-refractivity contribution in [3.8, 4) is 0 Å². The summed E-state index contributed by atoms with van der Waals surface area (Å²) in [5.41, 5.74) is 3.09. The molecular weight excluding hydrogens is 291 g/mol. The molecule has 120 valence electrons. The number of carbonyl (C=O) groups excluding carboxylic acids is 1. The van der Waals surface area contributed by atoms with E-state index in [-0.39, 0.29) is 11.7 Å². The van der Waals surface area contributed by atoms with Gasteiger partial charge in [-0.2, -0.15) is 0 Å². The molecule has 0 spiro atoms. The van der Waals surface area contributed by atoms with Crippen molar-refractivity contribution in [2.45, 2.75) is 13.3 Å². The maximum Gasteiger partial charge on any atom is 0.253 e. The van der Waals surface area contributed by atoms with E-state index in [9.17, 15) is 9.18 Å². The van der Waals surface area contributed by atoms with E-state index in [4.69, 9.17) is 0 Å². The summed E-state index contributed by atoms with van der Waals surface area (Å²) in [6.45, 7) is 5.16. The highest BCUT2D eigenvalue weighted by Gasteiger charge is 2.22. The van der Waals surface area contributed by atoms with Crippen LogP contribution < -0.4 is 4.90 Å². The highest BCUT2D eigenvalue weighted by Crippen LogP contribution is 2.18. The van der Waals surface area contributed by atoms with Gasteiger partial charge in [0.2, 0.25) is 0 Å². The fourth-order valence-corrected chi connectivity index (χ4v) is 2.89. The second-order valence-electron chi connectivity index (χ2n) is 5.81. The van der Waals surface area contributed by atoms with Crippen LogP contribution in [0.15, 0.2) is 48.5 Å². The van der Waals surface area contributed by atoms with Gasteiger partial charge in [-0.1, -0.05) is 19.1 Å². The fourth-order valence-electron chi connectivity index (χ4n) is 2.89. The SMILES string of the molecule is CCc1ccc(N2CCN(C(=O)c3ccc(F)cc3)CC2)cc1. The third-order valence-corrected chi connectivity index (χ3v) is 4.37. The van der Waals surface area contributed by atoms with Gasteiger partial charge in [-0.3, -0.25) is 4.79 Å². The molecule has 0 N–H and O–H groups in total. The van der Waals surface area contributed by atoms with Crippen molar-refractivity contribution in [3.05, 3.63) is 65.5 Å². The number of halogens is 1. The number of aryl methyl sites for hydroxylation is 1. The Kier molecular flexibility index (Phi) is 4.60. The summed E-state index contributed by atoms with van der Waals surface area (Å²) in [4.78, 5) is 16.6. The standard InChI is InChI=1S/C19H21FN2O/c1-2-15-3-9-18(10-4-15)21-11-13-22(14-12-21)19(23)16-5-7-17(20)8-6-16/h3-10H,2,11-14H2,1H3. The summed E-state index contributed by atoms with van der Waals surface area (Å²) in [6, 6.07) is 14.4. The molecule has 0 radical (unpaired) electrons. The van der Waals surface area contributed by atoms with Gasteiger partial charge >= 0.3 is 0 Å². The predicted molar refractivity (Wildman–Crippen MR) is 90.3 cm³/mol. The van der Waals surface area contributed by atoms with Crippen molar-refractivity contribution in [1.29, 1.82) is 0 Å². The first-order chi connectivity index (χ1) is 11.2. The molecule has 1 aliphatic heterocycles. The Morgan fingerprint density at radius 1 is 0.957 bits per heavy atom. The minimum absolute atomic E-state index is 0.0222. The first-order valence-electron chi connectivity index (χ1n) is 8.06. The van der Waals surface area contributed by atoms with Gasteiger partial charge in [0.05, 0.1) is 0 Å². The van der Waals surface area contributed by atoms with E-state index in [0.29, 0.717) is 18.7 Å². The Labute approximate surface area is 136 Å². The van der Waals surface area contributed by atoms with E-state index in [2.05, 4.69) is 36.1 Å². The van der Waals surface area contributed by atoms with E-state index in [1.807, 2.05) is 4.90 Å². The number of rotatable bonds is 3. The van der Waals surface area contributed by atoms with Crippen molar-refractivity contribution in [2.75, 3.05) is 31.1 Å². The average molecular weight is 312 g/mol. The van der Waals surface area contributed by atoms with Crippen molar-refractivity contribution in [3.63, 3.8) is 0 Å². The number of hydrogen-bond donors (Lipinski definition) is 0. The largest absolute Gasteiger partial charge is 0.368 e. The molecule has 1 fully saturated rings. The molecule has 1 saturated heterocycles. The maximum atomic E-state index is 13.0. The molecule has 1 aliphatic rings. The van der Waals surface area contributed by atoms with Crippen LogP contribution in [0.3, 0.4) is 0 Å². The lowest BCUT2D eigenvalue weighted by Gasteiger charge is -2.36. The predicted octanol–water partition coefficient (Wildman–Crippen LogP) is 3.35. The molecule has 3 nitrogen and oxygen atoms in total. The van der Waals surface area contributed by atoms with Crippen molar-refractivity contribution < 1.29 is 9.18 Å². The molecule has 0 bridgehead atoms. The van der Waals surface area contributed by atoms with Crippen molar-refractivity contribution in [2.24, 2.45) is 0 Å². The van der Waals surface area contributed by atoms with E-state index >= 15 is 0 Å². The summed E-state index contributed by atoms with van der Waals surface area (Å²) in [7, 11) is 0. The van der Waals surface area contributed by atoms with Crippen LogP contribution in [0, 0.1) is 5.82 Å². The molecule has 0 atom stereocenters. The topological polar surface area (TPSA) is 23.6 Å². The number of piperazine rings is 1. The summed E-state index contributed by atoms with van der Waals surface area (Å²) in [5, 5.41) is 0. The third-order valence-electron chi connectivity index (χ3n) is 4.37. The number of benzene rings is 2. The van der Waals surface area contributed by atoms with Crippen LogP contribution >= 0.6 is 0 Å². The molecule has 4 heteroatoms. The minimum atomic E-state index is -0.318. The van der Waals surface area contributed by atoms with Gasteiger partial charge in [-0.05, 0) is 48.4 Å². The fraction of sp³-hybridized carbons (Fsp3) is 0.316. The average Bonchev–Trinajstić information content (AvgIpc) is 2.62. The maximum absolute atomic E-state index is 13.0. The van der Waals surface area contributed by atoms with Gasteiger partial charge in [0, 0.05) is 37.4 Å². The Bertz CT molecular complexity index is 659. The van der Waals surface area contributed by atoms with Gasteiger partial charge in [-0.15, -0.1) is 0 Å². The first-order valence-corrected chi connectivity index (χ1v) is 8.06. The van der Waals surface area contributed by atoms with Crippen molar-refractivity contribution in [1.82, 2.24) is 4.90 Å². The van der Waals surface area contributed by atoms with Gasteiger partial charge < -0.3 is 9.80 Å². The van der Waals surface area contributed by atoms with Crippen LogP contribution in [0.1, 0.15) is 22.8 Å². The monoisotopic (exact) mass is 312 g/mol. The highest BCUT2D eigenvalue weighted by molar-refractivity contribution is 5.94. The molecular formula is C19H21FN2O. The molecule has 0 saturated carbocycles. The molecule has 23 heavy (non-hydrogen) atoms. The summed E-state index contributed by atoms with van der Waals surface area (Å²) in [5.74, 6) is -0.340. The van der Waals surface area contributed by atoms with Crippen LogP contribution in [0.2, 0.25) is 0 Å². The Morgan fingerprint density at radius 3 is 2.13 bits per heavy atom. The van der Waals surface area contributed by atoms with Gasteiger partial charge in [0.1, 0.15) is 5.82 Å². The number of carbonyl (C=O) groups is 1. The van der Waals surface area contributed by atoms with E-state index < -0.39 is 0 Å². The molecule has 3 rings (SSSR count). The minimum Gasteiger partial charge on any atom is -0.368 e. The zero-order valence-corrected chi connectivity index (χ0v) is 13.3.